The van der Waals surface area contributed by atoms with Crippen LogP contribution in [0.2, 0.25) is 5.02 Å². The third-order valence-electron chi connectivity index (χ3n) is 3.37. The zero-order chi connectivity index (χ0) is 14.9. The Hall–Kier alpha value is -1.04. The zero-order valence-electron chi connectivity index (χ0n) is 11.7. The average Bonchev–Trinajstić information content (AvgIpc) is 2.76. The number of furan rings is 1. The Morgan fingerprint density at radius 2 is 2.05 bits per heavy atom. The third-order valence-corrected chi connectivity index (χ3v) is 5.23. The first-order valence-electron chi connectivity index (χ1n) is 6.44. The van der Waals surface area contributed by atoms with Crippen molar-refractivity contribution < 1.29 is 12.8 Å². The molecule has 2 rings (SSSR count). The monoisotopic (exact) mass is 315 g/mol. The first-order chi connectivity index (χ1) is 9.32. The standard InChI is InChI=1S/C14H18ClNO3S/c1-4-16-14(9(2)20(3,17)18)13-8-10-7-11(15)5-6-12(10)19-13/h5-9,14,16H,4H2,1-3H3. The van der Waals surface area contributed by atoms with Gasteiger partial charge in [0.15, 0.2) is 9.84 Å². The van der Waals surface area contributed by atoms with E-state index in [4.69, 9.17) is 16.0 Å². The first-order valence-corrected chi connectivity index (χ1v) is 8.77. The number of hydrogen-bond acceptors (Lipinski definition) is 4. The summed E-state index contributed by atoms with van der Waals surface area (Å²) in [7, 11) is -3.17. The quantitative estimate of drug-likeness (QED) is 0.920. The van der Waals surface area contributed by atoms with Gasteiger partial charge in [-0.05, 0) is 37.7 Å². The molecular formula is C14H18ClNO3S. The Balaban J connectivity index is 2.46. The van der Waals surface area contributed by atoms with E-state index >= 15 is 0 Å². The predicted molar refractivity (Wildman–Crippen MR) is 81.9 cm³/mol. The van der Waals surface area contributed by atoms with E-state index < -0.39 is 15.1 Å². The minimum atomic E-state index is -3.17. The van der Waals surface area contributed by atoms with Gasteiger partial charge < -0.3 is 9.73 Å². The molecule has 1 aromatic carbocycles. The summed E-state index contributed by atoms with van der Waals surface area (Å²) < 4.78 is 29.3. The van der Waals surface area contributed by atoms with Crippen LogP contribution in [0.1, 0.15) is 25.6 Å². The van der Waals surface area contributed by atoms with Crippen LogP contribution in [-0.2, 0) is 9.84 Å². The predicted octanol–water partition coefficient (Wildman–Crippen LogP) is 3.17. The molecule has 0 radical (unpaired) electrons. The van der Waals surface area contributed by atoms with Crippen molar-refractivity contribution in [1.29, 1.82) is 0 Å². The summed E-state index contributed by atoms with van der Waals surface area (Å²) in [6.07, 6.45) is 1.24. The zero-order valence-corrected chi connectivity index (χ0v) is 13.3. The molecule has 0 aliphatic carbocycles. The summed E-state index contributed by atoms with van der Waals surface area (Å²) in [5.41, 5.74) is 0.702. The Bertz CT molecular complexity index is 708. The molecule has 1 aromatic heterocycles. The Morgan fingerprint density at radius 3 is 2.65 bits per heavy atom. The number of rotatable bonds is 5. The van der Waals surface area contributed by atoms with Gasteiger partial charge in [0.25, 0.3) is 0 Å². The lowest BCUT2D eigenvalue weighted by Gasteiger charge is -2.21. The number of nitrogens with one attached hydrogen (secondary N) is 1. The molecule has 2 unspecified atom stereocenters. The van der Waals surface area contributed by atoms with Gasteiger partial charge in [-0.3, -0.25) is 0 Å². The van der Waals surface area contributed by atoms with Crippen LogP contribution in [0.5, 0.6) is 0 Å². The van der Waals surface area contributed by atoms with Crippen LogP contribution in [0, 0.1) is 0 Å². The SMILES string of the molecule is CCNC(c1cc2cc(Cl)ccc2o1)C(C)S(C)(=O)=O. The van der Waals surface area contributed by atoms with Crippen molar-refractivity contribution in [3.05, 3.63) is 35.0 Å². The molecule has 4 nitrogen and oxygen atoms in total. The molecule has 0 saturated carbocycles. The lowest BCUT2D eigenvalue weighted by molar-refractivity contribution is 0.424. The molecule has 2 atom stereocenters. The number of benzene rings is 1. The second-order valence-corrected chi connectivity index (χ2v) is 7.74. The topological polar surface area (TPSA) is 59.3 Å². The molecule has 20 heavy (non-hydrogen) atoms. The lowest BCUT2D eigenvalue weighted by atomic mass is 10.1. The van der Waals surface area contributed by atoms with Crippen molar-refractivity contribution >= 4 is 32.4 Å². The van der Waals surface area contributed by atoms with Gasteiger partial charge in [0.05, 0.1) is 11.3 Å². The fraction of sp³-hybridized carbons (Fsp3) is 0.429. The fourth-order valence-electron chi connectivity index (χ4n) is 2.15. The van der Waals surface area contributed by atoms with E-state index in [-0.39, 0.29) is 6.04 Å². The van der Waals surface area contributed by atoms with Gasteiger partial charge in [0.1, 0.15) is 11.3 Å². The maximum absolute atomic E-state index is 11.8. The normalized spacial score (nSPS) is 15.4. The number of fused-ring (bicyclic) bond motifs is 1. The highest BCUT2D eigenvalue weighted by atomic mass is 35.5. The first kappa shape index (κ1) is 15.4. The Labute approximate surface area is 124 Å². The third kappa shape index (κ3) is 3.16. The molecule has 2 aromatic rings. The minimum Gasteiger partial charge on any atom is -0.459 e. The van der Waals surface area contributed by atoms with Crippen molar-refractivity contribution in [3.8, 4) is 0 Å². The molecule has 0 bridgehead atoms. The molecule has 0 aliphatic rings. The second-order valence-electron chi connectivity index (χ2n) is 4.90. The van der Waals surface area contributed by atoms with Crippen LogP contribution < -0.4 is 5.32 Å². The molecule has 0 fully saturated rings. The van der Waals surface area contributed by atoms with Crippen molar-refractivity contribution in [2.45, 2.75) is 25.1 Å². The number of sulfone groups is 1. The molecule has 1 heterocycles. The molecule has 1 N–H and O–H groups in total. The molecular weight excluding hydrogens is 298 g/mol. The smallest absolute Gasteiger partial charge is 0.152 e. The highest BCUT2D eigenvalue weighted by molar-refractivity contribution is 7.91. The molecule has 110 valence electrons. The van der Waals surface area contributed by atoms with Gasteiger partial charge in [0, 0.05) is 16.7 Å². The van der Waals surface area contributed by atoms with E-state index in [1.165, 1.54) is 6.26 Å². The maximum atomic E-state index is 11.8. The Morgan fingerprint density at radius 1 is 1.35 bits per heavy atom. The summed E-state index contributed by atoms with van der Waals surface area (Å²) in [6, 6.07) is 6.81. The van der Waals surface area contributed by atoms with Crippen LogP contribution >= 0.6 is 11.6 Å². The molecule has 0 spiro atoms. The number of halogens is 1. The highest BCUT2D eigenvalue weighted by Crippen LogP contribution is 2.29. The molecule has 0 saturated heterocycles. The van der Waals surface area contributed by atoms with Crippen molar-refractivity contribution in [3.63, 3.8) is 0 Å². The van der Waals surface area contributed by atoms with E-state index in [0.717, 1.165) is 5.39 Å². The summed E-state index contributed by atoms with van der Waals surface area (Å²) >= 11 is 5.95. The molecule has 0 amide bonds. The fourth-order valence-corrected chi connectivity index (χ4v) is 3.06. The average molecular weight is 316 g/mol. The summed E-state index contributed by atoms with van der Waals surface area (Å²) in [5.74, 6) is 0.613. The maximum Gasteiger partial charge on any atom is 0.152 e. The summed E-state index contributed by atoms with van der Waals surface area (Å²) in [5, 5.41) is 4.10. The van der Waals surface area contributed by atoms with Crippen LogP contribution in [0.4, 0.5) is 0 Å². The lowest BCUT2D eigenvalue weighted by Crippen LogP contribution is -2.34. The highest BCUT2D eigenvalue weighted by Gasteiger charge is 2.29. The Kier molecular flexibility index (Phi) is 4.42. The molecule has 6 heteroatoms. The van der Waals surface area contributed by atoms with E-state index in [0.29, 0.717) is 22.9 Å². The van der Waals surface area contributed by atoms with Gasteiger partial charge in [-0.15, -0.1) is 0 Å². The van der Waals surface area contributed by atoms with E-state index in [1.54, 1.807) is 25.1 Å². The van der Waals surface area contributed by atoms with Crippen LogP contribution in [0.3, 0.4) is 0 Å². The van der Waals surface area contributed by atoms with E-state index in [9.17, 15) is 8.42 Å². The van der Waals surface area contributed by atoms with Gasteiger partial charge in [0.2, 0.25) is 0 Å². The summed E-state index contributed by atoms with van der Waals surface area (Å²) in [4.78, 5) is 0. The van der Waals surface area contributed by atoms with Crippen molar-refractivity contribution in [2.24, 2.45) is 0 Å². The minimum absolute atomic E-state index is 0.374. The largest absolute Gasteiger partial charge is 0.459 e. The van der Waals surface area contributed by atoms with Gasteiger partial charge in [-0.2, -0.15) is 0 Å². The molecule has 0 aliphatic heterocycles. The van der Waals surface area contributed by atoms with Gasteiger partial charge in [-0.1, -0.05) is 18.5 Å². The van der Waals surface area contributed by atoms with Gasteiger partial charge >= 0.3 is 0 Å². The van der Waals surface area contributed by atoms with E-state index in [1.807, 2.05) is 13.0 Å². The number of hydrogen-bond donors (Lipinski definition) is 1. The van der Waals surface area contributed by atoms with Crippen LogP contribution in [0.15, 0.2) is 28.7 Å². The van der Waals surface area contributed by atoms with Crippen molar-refractivity contribution in [1.82, 2.24) is 5.32 Å². The van der Waals surface area contributed by atoms with E-state index in [2.05, 4.69) is 5.32 Å². The van der Waals surface area contributed by atoms with Crippen LogP contribution in [0.25, 0.3) is 11.0 Å². The summed E-state index contributed by atoms with van der Waals surface area (Å²) in [6.45, 7) is 4.27. The van der Waals surface area contributed by atoms with Crippen LogP contribution in [-0.4, -0.2) is 26.5 Å². The van der Waals surface area contributed by atoms with Gasteiger partial charge in [-0.25, -0.2) is 8.42 Å². The second kappa shape index (κ2) is 5.76. The van der Waals surface area contributed by atoms with Crippen molar-refractivity contribution in [2.75, 3.05) is 12.8 Å².